The summed E-state index contributed by atoms with van der Waals surface area (Å²) in [6, 6.07) is 26.3. The number of piperidine rings is 3. The van der Waals surface area contributed by atoms with Crippen LogP contribution in [0.2, 0.25) is 0 Å². The molecule has 1 aromatic heterocycles. The molecular formula is C51H61N9O6. The van der Waals surface area contributed by atoms with Gasteiger partial charge in [0.1, 0.15) is 23.6 Å². The van der Waals surface area contributed by atoms with Crippen molar-refractivity contribution in [2.24, 2.45) is 17.8 Å². The van der Waals surface area contributed by atoms with E-state index >= 15 is 0 Å². The number of phenolic OH excluding ortho intramolecular Hbond substituents is 1. The fourth-order valence-electron chi connectivity index (χ4n) is 12.7. The van der Waals surface area contributed by atoms with E-state index in [-0.39, 0.29) is 53.2 Å². The SMILES string of the molecule is CN(c1cccc(N2CCC(N(C(=O)N3CCC(Oc4cccc(C56C[C@H]7CCN(c8cc(-c9ccccc9O)nnc8N)C[C@H](C5)C76)c4)CC3)C3COC3)CC2)c1)C1CCC(=O)NC1=O. The molecule has 346 valence electrons. The normalized spacial score (nSPS) is 26.8. The molecule has 7 fully saturated rings. The number of nitrogens with two attached hydrogens (primary N) is 1. The number of imide groups is 1. The number of phenols is 1. The zero-order chi connectivity index (χ0) is 45.1. The third kappa shape index (κ3) is 7.72. The zero-order valence-corrected chi connectivity index (χ0v) is 37.8. The number of carbonyl (C=O) groups is 3. The van der Waals surface area contributed by atoms with Crippen molar-refractivity contribution >= 4 is 40.7 Å². The van der Waals surface area contributed by atoms with Crippen LogP contribution in [0, 0.1) is 17.8 Å². The maximum absolute atomic E-state index is 14.4. The van der Waals surface area contributed by atoms with Crippen LogP contribution >= 0.6 is 0 Å². The van der Waals surface area contributed by atoms with Crippen molar-refractivity contribution in [1.82, 2.24) is 25.3 Å². The number of hydrogen-bond donors (Lipinski definition) is 3. The van der Waals surface area contributed by atoms with Crippen molar-refractivity contribution in [2.45, 2.75) is 87.4 Å². The van der Waals surface area contributed by atoms with Gasteiger partial charge in [0, 0.05) is 88.6 Å². The second-order valence-electron chi connectivity index (χ2n) is 19.9. The minimum atomic E-state index is -0.380. The summed E-state index contributed by atoms with van der Waals surface area (Å²) in [5, 5.41) is 21.6. The Morgan fingerprint density at radius 3 is 2.39 bits per heavy atom. The third-order valence-corrected chi connectivity index (χ3v) is 16.3. The molecule has 4 aromatic rings. The summed E-state index contributed by atoms with van der Waals surface area (Å²) in [6.45, 7) is 5.99. The predicted molar refractivity (Wildman–Crippen MR) is 252 cm³/mol. The molecule has 15 nitrogen and oxygen atoms in total. The van der Waals surface area contributed by atoms with E-state index in [2.05, 4.69) is 66.6 Å². The molecule has 5 atom stereocenters. The lowest BCUT2D eigenvalue weighted by Crippen LogP contribution is -2.64. The fraction of sp³-hybridized carbons (Fsp3) is 0.510. The van der Waals surface area contributed by atoms with Gasteiger partial charge >= 0.3 is 6.03 Å². The Balaban J connectivity index is 0.686. The smallest absolute Gasteiger partial charge is 0.320 e. The second-order valence-corrected chi connectivity index (χ2v) is 19.9. The first-order chi connectivity index (χ1) is 32.1. The van der Waals surface area contributed by atoms with Crippen molar-refractivity contribution < 1.29 is 29.0 Å². The number of carbonyl (C=O) groups excluding carboxylic acids is 3. The molecule has 0 radical (unpaired) electrons. The van der Waals surface area contributed by atoms with E-state index in [1.54, 1.807) is 12.1 Å². The molecular weight excluding hydrogens is 835 g/mol. The van der Waals surface area contributed by atoms with Gasteiger partial charge in [-0.15, -0.1) is 10.2 Å². The number of hydrogen-bond acceptors (Lipinski definition) is 12. The lowest BCUT2D eigenvalue weighted by Gasteiger charge is -2.67. The molecule has 6 heterocycles. The summed E-state index contributed by atoms with van der Waals surface area (Å²) in [6.07, 6.45) is 7.65. The Labute approximate surface area is 386 Å². The van der Waals surface area contributed by atoms with Crippen LogP contribution in [0.3, 0.4) is 0 Å². The van der Waals surface area contributed by atoms with Crippen LogP contribution < -0.4 is 30.5 Å². The molecule has 4 N–H and O–H groups in total. The highest BCUT2D eigenvalue weighted by Gasteiger charge is 2.66. The van der Waals surface area contributed by atoms with Crippen LogP contribution in [-0.4, -0.2) is 127 Å². The van der Waals surface area contributed by atoms with E-state index < -0.39 is 0 Å². The number of aromatic hydroxyl groups is 1. The first kappa shape index (κ1) is 42.5. The molecule has 5 saturated heterocycles. The van der Waals surface area contributed by atoms with E-state index in [1.165, 1.54) is 12.0 Å². The number of amides is 4. The minimum Gasteiger partial charge on any atom is -0.507 e. The Kier molecular flexibility index (Phi) is 11.1. The van der Waals surface area contributed by atoms with Crippen LogP contribution in [0.1, 0.15) is 63.4 Å². The monoisotopic (exact) mass is 895 g/mol. The quantitative estimate of drug-likeness (QED) is 0.164. The number of aromatic nitrogens is 2. The highest BCUT2D eigenvalue weighted by Crippen LogP contribution is 2.69. The van der Waals surface area contributed by atoms with Crippen molar-refractivity contribution in [3.63, 3.8) is 0 Å². The van der Waals surface area contributed by atoms with Gasteiger partial charge in [-0.25, -0.2) is 4.79 Å². The molecule has 2 aliphatic carbocycles. The summed E-state index contributed by atoms with van der Waals surface area (Å²) in [5.74, 6) is 2.94. The molecule has 0 spiro atoms. The highest BCUT2D eigenvalue weighted by molar-refractivity contribution is 6.01. The Morgan fingerprint density at radius 2 is 1.62 bits per heavy atom. The van der Waals surface area contributed by atoms with Gasteiger partial charge in [0.05, 0.1) is 30.6 Å². The van der Waals surface area contributed by atoms with E-state index in [4.69, 9.17) is 15.2 Å². The number of anilines is 4. The van der Waals surface area contributed by atoms with Crippen molar-refractivity contribution in [1.29, 1.82) is 0 Å². The molecule has 15 heteroatoms. The molecule has 3 unspecified atom stereocenters. The topological polar surface area (TPSA) is 170 Å². The molecule has 7 aliphatic rings. The summed E-state index contributed by atoms with van der Waals surface area (Å²) in [4.78, 5) is 49.6. The molecule has 11 rings (SSSR count). The number of ether oxygens (including phenoxy) is 2. The number of nitrogens with zero attached hydrogens (tertiary/aromatic N) is 7. The van der Waals surface area contributed by atoms with Crippen LogP contribution in [0.25, 0.3) is 11.3 Å². The zero-order valence-electron chi connectivity index (χ0n) is 37.8. The number of likely N-dealkylation sites (N-methyl/N-ethyl adjacent to an activating group) is 1. The van der Waals surface area contributed by atoms with Gasteiger partial charge in [0.2, 0.25) is 11.8 Å². The van der Waals surface area contributed by atoms with Crippen LogP contribution in [0.15, 0.2) is 78.9 Å². The van der Waals surface area contributed by atoms with Crippen LogP contribution in [-0.2, 0) is 19.7 Å². The highest BCUT2D eigenvalue weighted by atomic mass is 16.5. The summed E-state index contributed by atoms with van der Waals surface area (Å²) < 4.78 is 12.4. The summed E-state index contributed by atoms with van der Waals surface area (Å²) >= 11 is 0. The van der Waals surface area contributed by atoms with Crippen molar-refractivity contribution in [3.05, 3.63) is 84.4 Å². The van der Waals surface area contributed by atoms with E-state index in [1.807, 2.05) is 47.2 Å². The van der Waals surface area contributed by atoms with Crippen molar-refractivity contribution in [2.75, 3.05) is 80.0 Å². The average molecular weight is 896 g/mol. The third-order valence-electron chi connectivity index (χ3n) is 16.3. The van der Waals surface area contributed by atoms with Gasteiger partial charge in [-0.1, -0.05) is 30.3 Å². The predicted octanol–water partition coefficient (Wildman–Crippen LogP) is 5.81. The maximum Gasteiger partial charge on any atom is 0.320 e. The van der Waals surface area contributed by atoms with Crippen LogP contribution in [0.4, 0.5) is 27.7 Å². The van der Waals surface area contributed by atoms with Gasteiger partial charge in [-0.3, -0.25) is 14.9 Å². The second kappa shape index (κ2) is 17.3. The van der Waals surface area contributed by atoms with E-state index in [0.29, 0.717) is 74.0 Å². The summed E-state index contributed by atoms with van der Waals surface area (Å²) in [7, 11) is 1.91. The molecule has 2 saturated carbocycles. The van der Waals surface area contributed by atoms with Crippen molar-refractivity contribution in [3.8, 4) is 22.8 Å². The number of urea groups is 1. The molecule has 3 aromatic carbocycles. The lowest BCUT2D eigenvalue weighted by molar-refractivity contribution is -0.134. The number of nitrogens with one attached hydrogen (secondary N) is 1. The molecule has 66 heavy (non-hydrogen) atoms. The first-order valence-corrected chi connectivity index (χ1v) is 24.1. The first-order valence-electron chi connectivity index (χ1n) is 24.1. The lowest BCUT2D eigenvalue weighted by atomic mass is 9.36. The Hall–Kier alpha value is -6.09. The molecule has 4 amide bonds. The fourth-order valence-corrected chi connectivity index (χ4v) is 12.7. The van der Waals surface area contributed by atoms with Crippen LogP contribution in [0.5, 0.6) is 11.5 Å². The largest absolute Gasteiger partial charge is 0.507 e. The van der Waals surface area contributed by atoms with Gasteiger partial charge < -0.3 is 44.8 Å². The Bertz CT molecular complexity index is 2490. The van der Waals surface area contributed by atoms with E-state index in [9.17, 15) is 19.5 Å². The Morgan fingerprint density at radius 1 is 0.848 bits per heavy atom. The number of likely N-dealkylation sites (tertiary alicyclic amines) is 1. The van der Waals surface area contributed by atoms with Gasteiger partial charge in [0.15, 0.2) is 5.82 Å². The summed E-state index contributed by atoms with van der Waals surface area (Å²) in [5.41, 5.74) is 12.2. The molecule has 0 bridgehead atoms. The van der Waals surface area contributed by atoms with Gasteiger partial charge in [-0.05, 0) is 116 Å². The standard InChI is InChI=1S/C51H61N9O6/c1-56(43-12-13-46(62)53-49(43)63)36-7-5-8-37(25-36)57-20-15-35(16-21-57)60(38-30-65-31-38)50(64)58-22-17-39(18-23-58)66-40-9-4-6-34(24-40)51-27-32-14-19-59(29-33(28-51)47(32)51)44-26-42(54-55-48(44)52)41-10-2-3-11-45(41)61/h2-11,24-26,32-33,35,38-39,43,47,61H,12-23,27-31H2,1H3,(H2,52,55)(H,53,62,63)/t32-,33+,43?,47?,51?/m1/s1. The van der Waals surface area contributed by atoms with E-state index in [0.717, 1.165) is 87.5 Å². The number of para-hydroxylation sites is 1. The van der Waals surface area contributed by atoms with Gasteiger partial charge in [-0.2, -0.15) is 0 Å². The molecule has 5 aliphatic heterocycles. The maximum atomic E-state index is 14.4. The number of benzene rings is 3. The number of nitrogen functional groups attached to an aromatic ring is 1. The van der Waals surface area contributed by atoms with Gasteiger partial charge in [0.25, 0.3) is 0 Å². The minimum absolute atomic E-state index is 0.0483. The number of rotatable bonds is 10. The average Bonchev–Trinajstić information content (AvgIpc) is 3.35.